The molecule has 9 N–H and O–H groups in total. The van der Waals surface area contributed by atoms with Crippen molar-refractivity contribution in [2.45, 2.75) is 95.2 Å². The van der Waals surface area contributed by atoms with Crippen molar-refractivity contribution < 1.29 is 54.2 Å². The summed E-state index contributed by atoms with van der Waals surface area (Å²) < 4.78 is 10.7. The molecule has 0 radical (unpaired) electrons. The van der Waals surface area contributed by atoms with E-state index in [0.717, 1.165) is 5.57 Å². The Morgan fingerprint density at radius 2 is 1.35 bits per heavy atom. The Morgan fingerprint density at radius 1 is 0.837 bits per heavy atom. The van der Waals surface area contributed by atoms with Crippen LogP contribution in [0.3, 0.4) is 0 Å². The Bertz CT molecular complexity index is 1000. The van der Waals surface area contributed by atoms with Crippen LogP contribution < -0.4 is 21.3 Å². The Hall–Kier alpha value is -2.92. The van der Waals surface area contributed by atoms with Gasteiger partial charge in [-0.2, -0.15) is 0 Å². The van der Waals surface area contributed by atoms with Crippen LogP contribution in [-0.4, -0.2) is 125 Å². The van der Waals surface area contributed by atoms with E-state index in [2.05, 4.69) is 21.3 Å². The minimum Gasteiger partial charge on any atom is -0.396 e. The van der Waals surface area contributed by atoms with Crippen molar-refractivity contribution >= 4 is 23.6 Å². The van der Waals surface area contributed by atoms with Crippen LogP contribution in [0.5, 0.6) is 0 Å². The fourth-order valence-electron chi connectivity index (χ4n) is 4.53. The van der Waals surface area contributed by atoms with Gasteiger partial charge in [0.25, 0.3) is 0 Å². The van der Waals surface area contributed by atoms with E-state index in [1.165, 1.54) is 12.2 Å². The van der Waals surface area contributed by atoms with E-state index in [-0.39, 0.29) is 43.4 Å². The number of piperazine rings is 1. The predicted octanol–water partition coefficient (Wildman–Crippen LogP) is -2.76. The van der Waals surface area contributed by atoms with Gasteiger partial charge in [-0.1, -0.05) is 11.1 Å². The Kier molecular flexibility index (Phi) is 15.8. The van der Waals surface area contributed by atoms with Gasteiger partial charge in [0.1, 0.15) is 36.5 Å². The van der Waals surface area contributed by atoms with Crippen LogP contribution in [0.2, 0.25) is 0 Å². The molecule has 0 aromatic rings. The molecule has 15 nitrogen and oxygen atoms in total. The summed E-state index contributed by atoms with van der Waals surface area (Å²) in [5, 5.41) is 58.6. The van der Waals surface area contributed by atoms with Gasteiger partial charge >= 0.3 is 0 Å². The van der Waals surface area contributed by atoms with Crippen molar-refractivity contribution in [3.8, 4) is 0 Å². The van der Waals surface area contributed by atoms with Crippen LogP contribution in [0, 0.1) is 0 Å². The molecule has 15 heteroatoms. The first-order valence-electron chi connectivity index (χ1n) is 14.5. The number of hydrogen-bond acceptors (Lipinski definition) is 11. The fourth-order valence-corrected chi connectivity index (χ4v) is 4.53. The summed E-state index contributed by atoms with van der Waals surface area (Å²) in [7, 11) is 0. The third kappa shape index (κ3) is 12.3. The van der Waals surface area contributed by atoms with E-state index in [9.17, 15) is 39.6 Å². The lowest BCUT2D eigenvalue weighted by Crippen LogP contribution is -2.61. The number of carbonyl (C=O) groups excluding carboxylic acids is 4. The number of rotatable bonds is 17. The highest BCUT2D eigenvalue weighted by Crippen LogP contribution is 2.22. The predicted molar refractivity (Wildman–Crippen MR) is 152 cm³/mol. The van der Waals surface area contributed by atoms with Gasteiger partial charge in [0.15, 0.2) is 6.29 Å². The summed E-state index contributed by atoms with van der Waals surface area (Å²) in [5.41, 5.74) is 1.43. The minimum atomic E-state index is -1.53. The van der Waals surface area contributed by atoms with Crippen LogP contribution in [0.15, 0.2) is 23.3 Å². The summed E-state index contributed by atoms with van der Waals surface area (Å²) >= 11 is 0. The lowest BCUT2D eigenvalue weighted by atomic mass is 9.99. The SMILES string of the molecule is C/C(=C\C(=O)NCCCC1NC(=O)C(CCCNC(=O)/C=C(\C)CCOC2OC(CO)C(O)C(O)C2O)NC1=O)CCO. The number of aliphatic hydroxyl groups excluding tert-OH is 5. The zero-order chi connectivity index (χ0) is 31.9. The van der Waals surface area contributed by atoms with Crippen molar-refractivity contribution in [2.24, 2.45) is 0 Å². The molecule has 7 unspecified atom stereocenters. The van der Waals surface area contributed by atoms with Crippen molar-refractivity contribution in [1.29, 1.82) is 0 Å². The highest BCUT2D eigenvalue weighted by Gasteiger charge is 2.44. The fraction of sp³-hybridized carbons (Fsp3) is 0.714. The maximum absolute atomic E-state index is 12.5. The van der Waals surface area contributed by atoms with Gasteiger partial charge in [-0.25, -0.2) is 0 Å². The lowest BCUT2D eigenvalue weighted by Gasteiger charge is -2.39. The Labute approximate surface area is 250 Å². The van der Waals surface area contributed by atoms with Crippen molar-refractivity contribution in [1.82, 2.24) is 21.3 Å². The molecule has 2 saturated heterocycles. The maximum Gasteiger partial charge on any atom is 0.243 e. The molecular formula is C28H46N4O11. The topological polar surface area (TPSA) is 236 Å². The molecule has 2 rings (SSSR count). The highest BCUT2D eigenvalue weighted by atomic mass is 16.7. The molecule has 0 aromatic carbocycles. The van der Waals surface area contributed by atoms with E-state index in [0.29, 0.717) is 50.6 Å². The molecule has 2 heterocycles. The number of aliphatic hydroxyl groups is 5. The van der Waals surface area contributed by atoms with Crippen molar-refractivity contribution in [3.63, 3.8) is 0 Å². The first-order valence-corrected chi connectivity index (χ1v) is 14.5. The van der Waals surface area contributed by atoms with Crippen molar-refractivity contribution in [2.75, 3.05) is 32.9 Å². The van der Waals surface area contributed by atoms with Crippen LogP contribution >= 0.6 is 0 Å². The molecule has 0 saturated carbocycles. The summed E-state index contributed by atoms with van der Waals surface area (Å²) in [6.45, 7) is 3.53. The van der Waals surface area contributed by atoms with Crippen LogP contribution in [-0.2, 0) is 28.7 Å². The lowest BCUT2D eigenvalue weighted by molar-refractivity contribution is -0.300. The van der Waals surface area contributed by atoms with Gasteiger partial charge in [-0.15, -0.1) is 0 Å². The standard InChI is InChI=1S/C28H46N4O11/c1-16(7-11-33)13-21(35)29-9-3-5-18-26(40)32-19(27(41)31-18)6-4-10-30-22(36)14-17(2)8-12-42-28-25(39)24(38)23(37)20(15-34)43-28/h13-14,18-20,23-25,28,33-34,37-39H,3-12,15H2,1-2H3,(H,29,35)(H,30,36)(H,31,41)(H,32,40)/b16-13+,17-14+. The molecule has 0 aliphatic carbocycles. The van der Waals surface area contributed by atoms with Gasteiger partial charge in [0.2, 0.25) is 23.6 Å². The van der Waals surface area contributed by atoms with Gasteiger partial charge in [-0.3, -0.25) is 19.2 Å². The first-order chi connectivity index (χ1) is 20.5. The molecule has 0 bridgehead atoms. The second-order valence-corrected chi connectivity index (χ2v) is 10.8. The monoisotopic (exact) mass is 614 g/mol. The third-order valence-electron chi connectivity index (χ3n) is 7.09. The minimum absolute atomic E-state index is 0.0312. The largest absolute Gasteiger partial charge is 0.396 e. The molecule has 2 fully saturated rings. The molecule has 2 aliphatic rings. The molecule has 244 valence electrons. The molecule has 2 aliphatic heterocycles. The average molecular weight is 615 g/mol. The second kappa shape index (κ2) is 18.7. The van der Waals surface area contributed by atoms with Gasteiger partial charge in [-0.05, 0) is 52.4 Å². The van der Waals surface area contributed by atoms with Crippen molar-refractivity contribution in [3.05, 3.63) is 23.3 Å². The highest BCUT2D eigenvalue weighted by molar-refractivity contribution is 5.96. The van der Waals surface area contributed by atoms with Crippen LogP contribution in [0.25, 0.3) is 0 Å². The molecular weight excluding hydrogens is 568 g/mol. The van der Waals surface area contributed by atoms with E-state index >= 15 is 0 Å². The van der Waals surface area contributed by atoms with E-state index in [1.807, 2.05) is 0 Å². The summed E-state index contributed by atoms with van der Waals surface area (Å²) in [4.78, 5) is 48.9. The maximum atomic E-state index is 12.5. The summed E-state index contributed by atoms with van der Waals surface area (Å²) in [5.74, 6) is -1.24. The average Bonchev–Trinajstić information content (AvgIpc) is 2.95. The van der Waals surface area contributed by atoms with E-state index in [1.54, 1.807) is 13.8 Å². The molecule has 0 aromatic heterocycles. The second-order valence-electron chi connectivity index (χ2n) is 10.8. The van der Waals surface area contributed by atoms with Gasteiger partial charge < -0.3 is 56.3 Å². The number of ether oxygens (including phenoxy) is 2. The summed E-state index contributed by atoms with van der Waals surface area (Å²) in [6.07, 6.45) is -1.67. The number of carbonyl (C=O) groups is 4. The van der Waals surface area contributed by atoms with Crippen LogP contribution in [0.1, 0.15) is 52.4 Å². The van der Waals surface area contributed by atoms with Gasteiger partial charge in [0, 0.05) is 31.8 Å². The number of amides is 4. The third-order valence-corrected chi connectivity index (χ3v) is 7.09. The Morgan fingerprint density at radius 3 is 1.84 bits per heavy atom. The molecule has 4 amide bonds. The molecule has 43 heavy (non-hydrogen) atoms. The Balaban J connectivity index is 1.62. The normalized spacial score (nSPS) is 28.2. The smallest absolute Gasteiger partial charge is 0.243 e. The van der Waals surface area contributed by atoms with Crippen LogP contribution in [0.4, 0.5) is 0 Å². The quantitative estimate of drug-likeness (QED) is 0.0601. The number of nitrogens with one attached hydrogen (secondary N) is 4. The molecule has 0 spiro atoms. The van der Waals surface area contributed by atoms with E-state index in [4.69, 9.17) is 14.6 Å². The summed E-state index contributed by atoms with van der Waals surface area (Å²) in [6, 6.07) is -1.40. The van der Waals surface area contributed by atoms with Gasteiger partial charge in [0.05, 0.1) is 13.2 Å². The first kappa shape index (κ1) is 36.3. The number of hydrogen-bond donors (Lipinski definition) is 9. The molecule has 7 atom stereocenters. The van der Waals surface area contributed by atoms with E-state index < -0.39 is 49.4 Å². The zero-order valence-electron chi connectivity index (χ0n) is 24.7. The zero-order valence-corrected chi connectivity index (χ0v) is 24.7.